The Morgan fingerprint density at radius 1 is 1.42 bits per heavy atom. The molecule has 1 aliphatic rings. The number of morpholine rings is 1. The van der Waals surface area contributed by atoms with E-state index in [9.17, 15) is 5.11 Å². The van der Waals surface area contributed by atoms with Crippen molar-refractivity contribution < 1.29 is 14.6 Å². The third kappa shape index (κ3) is 3.37. The van der Waals surface area contributed by atoms with Crippen molar-refractivity contribution in [3.05, 3.63) is 23.8 Å². The molecule has 1 aromatic rings. The van der Waals surface area contributed by atoms with Crippen molar-refractivity contribution in [1.29, 1.82) is 0 Å². The Morgan fingerprint density at radius 2 is 2.11 bits per heavy atom. The van der Waals surface area contributed by atoms with Crippen molar-refractivity contribution in [2.75, 3.05) is 33.4 Å². The molecule has 1 atom stereocenters. The molecule has 0 amide bonds. The maximum absolute atomic E-state index is 9.60. The lowest BCUT2D eigenvalue weighted by atomic mass is 9.99. The number of hydrogen-bond acceptors (Lipinski definition) is 5. The SMILES string of the molecule is COc1cc(CC(C)(N)N2CCOCC2)ccc1O. The molecule has 0 bridgehead atoms. The highest BCUT2D eigenvalue weighted by atomic mass is 16.5. The van der Waals surface area contributed by atoms with Crippen molar-refractivity contribution in [1.82, 2.24) is 4.90 Å². The molecule has 1 aromatic carbocycles. The van der Waals surface area contributed by atoms with Crippen molar-refractivity contribution in [3.63, 3.8) is 0 Å². The quantitative estimate of drug-likeness (QED) is 0.849. The zero-order valence-electron chi connectivity index (χ0n) is 11.6. The number of hydrogen-bond donors (Lipinski definition) is 2. The summed E-state index contributed by atoms with van der Waals surface area (Å²) in [6, 6.07) is 5.36. The minimum absolute atomic E-state index is 0.149. The van der Waals surface area contributed by atoms with Gasteiger partial charge in [0.05, 0.1) is 26.0 Å². The number of phenolic OH excluding ortho intramolecular Hbond substituents is 1. The molecule has 106 valence electrons. The topological polar surface area (TPSA) is 68.0 Å². The summed E-state index contributed by atoms with van der Waals surface area (Å²) in [7, 11) is 1.54. The van der Waals surface area contributed by atoms with Gasteiger partial charge in [0.15, 0.2) is 11.5 Å². The number of benzene rings is 1. The molecule has 0 spiro atoms. The fourth-order valence-electron chi connectivity index (χ4n) is 2.43. The molecule has 5 nitrogen and oxygen atoms in total. The van der Waals surface area contributed by atoms with Gasteiger partial charge in [-0.25, -0.2) is 0 Å². The Morgan fingerprint density at radius 3 is 2.74 bits per heavy atom. The number of nitrogens with two attached hydrogens (primary N) is 1. The van der Waals surface area contributed by atoms with Gasteiger partial charge in [0.1, 0.15) is 0 Å². The molecule has 2 rings (SSSR count). The van der Waals surface area contributed by atoms with E-state index >= 15 is 0 Å². The van der Waals surface area contributed by atoms with Crippen LogP contribution in [0.2, 0.25) is 0 Å². The van der Waals surface area contributed by atoms with Gasteiger partial charge in [-0.3, -0.25) is 4.90 Å². The number of nitrogens with zero attached hydrogens (tertiary/aromatic N) is 1. The Hall–Kier alpha value is -1.30. The second kappa shape index (κ2) is 5.77. The molecule has 1 fully saturated rings. The Labute approximate surface area is 113 Å². The Balaban J connectivity index is 2.10. The highest BCUT2D eigenvalue weighted by Crippen LogP contribution is 2.28. The van der Waals surface area contributed by atoms with E-state index in [2.05, 4.69) is 4.90 Å². The van der Waals surface area contributed by atoms with E-state index in [0.29, 0.717) is 12.2 Å². The standard InChI is InChI=1S/C14H22N2O3/c1-14(15,16-5-7-19-8-6-16)10-11-3-4-12(17)13(9-11)18-2/h3-4,9,17H,5-8,10,15H2,1-2H3. The van der Waals surface area contributed by atoms with Crippen LogP contribution in [0.3, 0.4) is 0 Å². The van der Waals surface area contributed by atoms with E-state index in [-0.39, 0.29) is 5.75 Å². The predicted molar refractivity (Wildman–Crippen MR) is 73.3 cm³/mol. The first-order valence-corrected chi connectivity index (χ1v) is 6.50. The molecule has 0 aliphatic carbocycles. The molecule has 19 heavy (non-hydrogen) atoms. The van der Waals surface area contributed by atoms with Crippen LogP contribution >= 0.6 is 0 Å². The first kappa shape index (κ1) is 14.1. The van der Waals surface area contributed by atoms with Crippen molar-refractivity contribution >= 4 is 0 Å². The first-order valence-electron chi connectivity index (χ1n) is 6.50. The fourth-order valence-corrected chi connectivity index (χ4v) is 2.43. The number of phenols is 1. The van der Waals surface area contributed by atoms with E-state index in [1.165, 1.54) is 0 Å². The van der Waals surface area contributed by atoms with Crippen molar-refractivity contribution in [3.8, 4) is 11.5 Å². The van der Waals surface area contributed by atoms with Crippen LogP contribution < -0.4 is 10.5 Å². The van der Waals surface area contributed by atoms with Crippen LogP contribution in [0.15, 0.2) is 18.2 Å². The highest BCUT2D eigenvalue weighted by Gasteiger charge is 2.29. The minimum atomic E-state index is -0.425. The molecule has 0 aromatic heterocycles. The van der Waals surface area contributed by atoms with Gasteiger partial charge in [-0.1, -0.05) is 6.07 Å². The van der Waals surface area contributed by atoms with Gasteiger partial charge in [0.2, 0.25) is 0 Å². The normalized spacial score (nSPS) is 19.9. The van der Waals surface area contributed by atoms with Crippen LogP contribution in [0.4, 0.5) is 0 Å². The van der Waals surface area contributed by atoms with Gasteiger partial charge >= 0.3 is 0 Å². The minimum Gasteiger partial charge on any atom is -0.504 e. The third-order valence-electron chi connectivity index (χ3n) is 3.54. The van der Waals surface area contributed by atoms with Crippen LogP contribution in [0.5, 0.6) is 11.5 Å². The molecule has 1 saturated heterocycles. The van der Waals surface area contributed by atoms with E-state index < -0.39 is 5.66 Å². The molecule has 1 unspecified atom stereocenters. The van der Waals surface area contributed by atoms with E-state index in [1.807, 2.05) is 19.1 Å². The van der Waals surface area contributed by atoms with Gasteiger partial charge in [0, 0.05) is 19.5 Å². The summed E-state index contributed by atoms with van der Waals surface area (Å²) in [5, 5.41) is 9.60. The average Bonchev–Trinajstić information content (AvgIpc) is 2.42. The second-order valence-electron chi connectivity index (χ2n) is 5.14. The lowest BCUT2D eigenvalue weighted by Gasteiger charge is -2.40. The zero-order chi connectivity index (χ0) is 13.9. The van der Waals surface area contributed by atoms with Crippen molar-refractivity contribution in [2.24, 2.45) is 5.73 Å². The molecular formula is C14H22N2O3. The van der Waals surface area contributed by atoms with Gasteiger partial charge in [0.25, 0.3) is 0 Å². The molecule has 0 saturated carbocycles. The smallest absolute Gasteiger partial charge is 0.160 e. The number of rotatable bonds is 4. The number of aromatic hydroxyl groups is 1. The Kier molecular flexibility index (Phi) is 4.29. The van der Waals surface area contributed by atoms with Gasteiger partial charge in [-0.2, -0.15) is 0 Å². The van der Waals surface area contributed by atoms with Gasteiger partial charge in [-0.05, 0) is 24.6 Å². The number of ether oxygens (including phenoxy) is 2. The van der Waals surface area contributed by atoms with Crippen molar-refractivity contribution in [2.45, 2.75) is 19.0 Å². The van der Waals surface area contributed by atoms with Crippen LogP contribution in [0.25, 0.3) is 0 Å². The van der Waals surface area contributed by atoms with Gasteiger partial charge < -0.3 is 20.3 Å². The maximum atomic E-state index is 9.60. The largest absolute Gasteiger partial charge is 0.504 e. The van der Waals surface area contributed by atoms with E-state index in [4.69, 9.17) is 15.2 Å². The fraction of sp³-hybridized carbons (Fsp3) is 0.571. The molecule has 1 aliphatic heterocycles. The summed E-state index contributed by atoms with van der Waals surface area (Å²) in [6.45, 7) is 5.18. The van der Waals surface area contributed by atoms with Gasteiger partial charge in [-0.15, -0.1) is 0 Å². The summed E-state index contributed by atoms with van der Waals surface area (Å²) in [6.07, 6.45) is 0.698. The highest BCUT2D eigenvalue weighted by molar-refractivity contribution is 5.42. The molecule has 5 heteroatoms. The maximum Gasteiger partial charge on any atom is 0.160 e. The summed E-state index contributed by atoms with van der Waals surface area (Å²) in [4.78, 5) is 2.23. The van der Waals surface area contributed by atoms with Crippen LogP contribution in [0, 0.1) is 0 Å². The average molecular weight is 266 g/mol. The summed E-state index contributed by atoms with van der Waals surface area (Å²) in [5.74, 6) is 0.631. The Bertz CT molecular complexity index is 429. The second-order valence-corrected chi connectivity index (χ2v) is 5.14. The van der Waals surface area contributed by atoms with Crippen LogP contribution in [-0.2, 0) is 11.2 Å². The lowest BCUT2D eigenvalue weighted by molar-refractivity contribution is -0.0142. The first-order chi connectivity index (χ1) is 9.03. The zero-order valence-corrected chi connectivity index (χ0v) is 11.6. The summed E-state index contributed by atoms with van der Waals surface area (Å²) < 4.78 is 10.5. The third-order valence-corrected chi connectivity index (χ3v) is 3.54. The molecule has 1 heterocycles. The predicted octanol–water partition coefficient (Wildman–Crippen LogP) is 0.950. The van der Waals surface area contributed by atoms with E-state index in [0.717, 1.165) is 31.9 Å². The molecule has 0 radical (unpaired) electrons. The van der Waals surface area contributed by atoms with Crippen LogP contribution in [-0.4, -0.2) is 49.1 Å². The monoisotopic (exact) mass is 266 g/mol. The molecular weight excluding hydrogens is 244 g/mol. The molecule has 3 N–H and O–H groups in total. The summed E-state index contributed by atoms with van der Waals surface area (Å²) in [5.41, 5.74) is 7.04. The van der Waals surface area contributed by atoms with E-state index in [1.54, 1.807) is 13.2 Å². The number of methoxy groups -OCH3 is 1. The lowest BCUT2D eigenvalue weighted by Crippen LogP contribution is -2.58. The van der Waals surface area contributed by atoms with Crippen LogP contribution in [0.1, 0.15) is 12.5 Å². The summed E-state index contributed by atoms with van der Waals surface area (Å²) >= 11 is 0.